The first kappa shape index (κ1) is 16.5. The molecule has 0 bridgehead atoms. The standard InChI is InChI=1S/C17H32N4/c1-5-13-21-14-12-19-16(21)15(18-6-2)17(20(3)4)10-8-7-9-11-17/h12,14-15,18H,5-11,13H2,1-4H3. The van der Waals surface area contributed by atoms with Gasteiger partial charge in [-0.1, -0.05) is 33.1 Å². The Morgan fingerprint density at radius 2 is 2.00 bits per heavy atom. The summed E-state index contributed by atoms with van der Waals surface area (Å²) in [6.07, 6.45) is 11.8. The van der Waals surface area contributed by atoms with Gasteiger partial charge in [0.2, 0.25) is 0 Å². The molecule has 1 N–H and O–H groups in total. The maximum absolute atomic E-state index is 4.73. The highest BCUT2D eigenvalue weighted by atomic mass is 15.2. The van der Waals surface area contributed by atoms with Crippen LogP contribution >= 0.6 is 0 Å². The van der Waals surface area contributed by atoms with E-state index in [9.17, 15) is 0 Å². The lowest BCUT2D eigenvalue weighted by atomic mass is 9.74. The highest BCUT2D eigenvalue weighted by molar-refractivity contribution is 5.12. The molecule has 0 aromatic carbocycles. The fourth-order valence-electron chi connectivity index (χ4n) is 3.89. The molecule has 0 aliphatic heterocycles. The molecule has 0 spiro atoms. The van der Waals surface area contributed by atoms with E-state index in [1.54, 1.807) is 0 Å². The van der Waals surface area contributed by atoms with Gasteiger partial charge in [-0.05, 0) is 39.9 Å². The average molecular weight is 292 g/mol. The summed E-state index contributed by atoms with van der Waals surface area (Å²) in [6, 6.07) is 0.319. The van der Waals surface area contributed by atoms with Gasteiger partial charge in [0.1, 0.15) is 5.82 Å². The molecule has 1 atom stereocenters. The number of hydrogen-bond donors (Lipinski definition) is 1. The molecule has 0 amide bonds. The van der Waals surface area contributed by atoms with E-state index in [4.69, 9.17) is 4.98 Å². The van der Waals surface area contributed by atoms with Crippen LogP contribution in [0.3, 0.4) is 0 Å². The summed E-state index contributed by atoms with van der Waals surface area (Å²) in [4.78, 5) is 7.18. The molecule has 1 aliphatic rings. The quantitative estimate of drug-likeness (QED) is 0.838. The SMILES string of the molecule is CCCn1ccnc1C(NCC)C1(N(C)C)CCCCC1. The van der Waals surface area contributed by atoms with Gasteiger partial charge < -0.3 is 14.8 Å². The van der Waals surface area contributed by atoms with Crippen molar-refractivity contribution in [3.05, 3.63) is 18.2 Å². The number of rotatable bonds is 7. The maximum Gasteiger partial charge on any atom is 0.127 e. The first-order chi connectivity index (χ1) is 10.2. The predicted molar refractivity (Wildman–Crippen MR) is 88.4 cm³/mol. The number of nitrogens with zero attached hydrogens (tertiary/aromatic N) is 3. The van der Waals surface area contributed by atoms with E-state index in [1.165, 1.54) is 37.9 Å². The van der Waals surface area contributed by atoms with Crippen molar-refractivity contribution in [3.8, 4) is 0 Å². The van der Waals surface area contributed by atoms with Crippen LogP contribution in [0.1, 0.15) is 64.2 Å². The molecule has 1 aromatic heterocycles. The molecule has 0 radical (unpaired) electrons. The zero-order valence-corrected chi connectivity index (χ0v) is 14.2. The van der Waals surface area contributed by atoms with E-state index in [1.807, 2.05) is 6.20 Å². The van der Waals surface area contributed by atoms with E-state index in [-0.39, 0.29) is 5.54 Å². The Bertz CT molecular complexity index is 418. The molecule has 2 rings (SSSR count). The molecule has 1 unspecified atom stereocenters. The van der Waals surface area contributed by atoms with Crippen LogP contribution < -0.4 is 5.32 Å². The van der Waals surface area contributed by atoms with Gasteiger partial charge in [-0.2, -0.15) is 0 Å². The first-order valence-electron chi connectivity index (χ1n) is 8.57. The van der Waals surface area contributed by atoms with Crippen molar-refractivity contribution in [2.45, 2.75) is 70.5 Å². The molecule has 0 saturated heterocycles. The van der Waals surface area contributed by atoms with Crippen LogP contribution in [0.5, 0.6) is 0 Å². The van der Waals surface area contributed by atoms with Crippen molar-refractivity contribution in [2.75, 3.05) is 20.6 Å². The zero-order valence-electron chi connectivity index (χ0n) is 14.2. The monoisotopic (exact) mass is 292 g/mol. The van der Waals surface area contributed by atoms with Crippen LogP contribution in [-0.2, 0) is 6.54 Å². The van der Waals surface area contributed by atoms with Gasteiger partial charge in [0.15, 0.2) is 0 Å². The minimum absolute atomic E-state index is 0.200. The van der Waals surface area contributed by atoms with Gasteiger partial charge in [-0.25, -0.2) is 4.98 Å². The molecule has 1 aliphatic carbocycles. The second-order valence-electron chi connectivity index (χ2n) is 6.53. The normalized spacial score (nSPS) is 19.9. The van der Waals surface area contributed by atoms with Crippen LogP contribution in [-0.4, -0.2) is 40.6 Å². The van der Waals surface area contributed by atoms with Crippen molar-refractivity contribution in [1.29, 1.82) is 0 Å². The second-order valence-corrected chi connectivity index (χ2v) is 6.53. The summed E-state index contributed by atoms with van der Waals surface area (Å²) in [7, 11) is 4.48. The lowest BCUT2D eigenvalue weighted by Gasteiger charge is -2.48. The third-order valence-corrected chi connectivity index (χ3v) is 5.03. The highest BCUT2D eigenvalue weighted by Crippen LogP contribution is 2.41. The Morgan fingerprint density at radius 3 is 2.57 bits per heavy atom. The zero-order chi connectivity index (χ0) is 15.3. The molecule has 4 heteroatoms. The van der Waals surface area contributed by atoms with Gasteiger partial charge in [-0.15, -0.1) is 0 Å². The van der Waals surface area contributed by atoms with Crippen LogP contribution in [0, 0.1) is 0 Å². The van der Waals surface area contributed by atoms with E-state index < -0.39 is 0 Å². The first-order valence-corrected chi connectivity index (χ1v) is 8.57. The Labute approximate surface area is 129 Å². The number of hydrogen-bond acceptors (Lipinski definition) is 3. The predicted octanol–water partition coefficient (Wildman–Crippen LogP) is 3.21. The van der Waals surface area contributed by atoms with Crippen LogP contribution in [0.4, 0.5) is 0 Å². The van der Waals surface area contributed by atoms with Crippen LogP contribution in [0.25, 0.3) is 0 Å². The molecule has 1 fully saturated rings. The minimum atomic E-state index is 0.200. The third kappa shape index (κ3) is 3.32. The van der Waals surface area contributed by atoms with Gasteiger partial charge >= 0.3 is 0 Å². The van der Waals surface area contributed by atoms with Crippen molar-refractivity contribution >= 4 is 0 Å². The molecule has 1 aromatic rings. The van der Waals surface area contributed by atoms with Crippen molar-refractivity contribution in [1.82, 2.24) is 19.8 Å². The molecule has 1 heterocycles. The number of aryl methyl sites for hydroxylation is 1. The summed E-state index contributed by atoms with van der Waals surface area (Å²) in [5.41, 5.74) is 0.200. The lowest BCUT2D eigenvalue weighted by molar-refractivity contribution is 0.0523. The number of nitrogens with one attached hydrogen (secondary N) is 1. The Hall–Kier alpha value is -0.870. The fraction of sp³-hybridized carbons (Fsp3) is 0.824. The lowest BCUT2D eigenvalue weighted by Crippen LogP contribution is -2.55. The topological polar surface area (TPSA) is 33.1 Å². The van der Waals surface area contributed by atoms with E-state index in [2.05, 4.69) is 48.9 Å². The number of imidazole rings is 1. The molecule has 4 nitrogen and oxygen atoms in total. The second kappa shape index (κ2) is 7.41. The molecular formula is C17H32N4. The van der Waals surface area contributed by atoms with Crippen molar-refractivity contribution < 1.29 is 0 Å². The average Bonchev–Trinajstić information content (AvgIpc) is 2.93. The highest BCUT2D eigenvalue weighted by Gasteiger charge is 2.43. The van der Waals surface area contributed by atoms with Gasteiger partial charge in [0.05, 0.1) is 6.04 Å². The summed E-state index contributed by atoms with van der Waals surface area (Å²) < 4.78 is 2.34. The third-order valence-electron chi connectivity index (χ3n) is 5.03. The fourth-order valence-corrected chi connectivity index (χ4v) is 3.89. The van der Waals surface area contributed by atoms with Crippen molar-refractivity contribution in [2.24, 2.45) is 0 Å². The van der Waals surface area contributed by atoms with Crippen LogP contribution in [0.15, 0.2) is 12.4 Å². The molecule has 21 heavy (non-hydrogen) atoms. The summed E-state index contributed by atoms with van der Waals surface area (Å²) in [5.74, 6) is 1.22. The largest absolute Gasteiger partial charge is 0.334 e. The maximum atomic E-state index is 4.73. The summed E-state index contributed by atoms with van der Waals surface area (Å²) >= 11 is 0. The van der Waals surface area contributed by atoms with Crippen LogP contribution in [0.2, 0.25) is 0 Å². The number of likely N-dealkylation sites (N-methyl/N-ethyl adjacent to an activating group) is 2. The smallest absolute Gasteiger partial charge is 0.127 e. The summed E-state index contributed by atoms with van der Waals surface area (Å²) in [6.45, 7) is 6.47. The Morgan fingerprint density at radius 1 is 1.29 bits per heavy atom. The van der Waals surface area contributed by atoms with E-state index >= 15 is 0 Å². The van der Waals surface area contributed by atoms with Gasteiger partial charge in [0, 0.05) is 24.5 Å². The van der Waals surface area contributed by atoms with E-state index in [0.717, 1.165) is 19.5 Å². The summed E-state index contributed by atoms with van der Waals surface area (Å²) in [5, 5.41) is 3.75. The Balaban J connectivity index is 2.37. The van der Waals surface area contributed by atoms with Gasteiger partial charge in [-0.3, -0.25) is 0 Å². The molecule has 1 saturated carbocycles. The molecular weight excluding hydrogens is 260 g/mol. The van der Waals surface area contributed by atoms with Gasteiger partial charge in [0.25, 0.3) is 0 Å². The molecule has 120 valence electrons. The minimum Gasteiger partial charge on any atom is -0.334 e. The Kier molecular flexibility index (Phi) is 5.82. The van der Waals surface area contributed by atoms with E-state index in [0.29, 0.717) is 6.04 Å². The van der Waals surface area contributed by atoms with Crippen molar-refractivity contribution in [3.63, 3.8) is 0 Å². The number of aromatic nitrogens is 2.